The molecule has 116 valence electrons. The Bertz CT molecular complexity index is 644. The Morgan fingerprint density at radius 1 is 1.19 bits per heavy atom. The average molecular weight is 690 g/mol. The third-order valence-corrected chi connectivity index (χ3v) is 6.17. The van der Waals surface area contributed by atoms with Crippen LogP contribution in [-0.2, 0) is 20.5 Å². The van der Waals surface area contributed by atoms with Crippen LogP contribution >= 0.6 is 83.7 Å². The van der Waals surface area contributed by atoms with E-state index in [1.807, 2.05) is 42.7 Å². The van der Waals surface area contributed by atoms with Gasteiger partial charge in [-0.1, -0.05) is 6.07 Å². The van der Waals surface area contributed by atoms with Gasteiger partial charge in [-0.15, -0.1) is 0 Å². The number of hydrogen-bond donors (Lipinski definition) is 0. The fourth-order valence-electron chi connectivity index (χ4n) is 2.37. The molecule has 21 heavy (non-hydrogen) atoms. The summed E-state index contributed by atoms with van der Waals surface area (Å²) in [6.45, 7) is 2.74. The first-order chi connectivity index (χ1) is 9.64. The largest absolute Gasteiger partial charge is 0.307 e. The predicted molar refractivity (Wildman–Crippen MR) is 114 cm³/mol. The van der Waals surface area contributed by atoms with Gasteiger partial charge in [0, 0.05) is 32.8 Å². The molecule has 1 aromatic rings. The third-order valence-electron chi connectivity index (χ3n) is 3.64. The SMILES string of the molecule is Cc1ccc(Br)n(C)n(C)c2c1C(=O)N(C(I)(I)I)CC2. The Labute approximate surface area is 173 Å². The van der Waals surface area contributed by atoms with E-state index in [0.717, 1.165) is 34.4 Å². The lowest BCUT2D eigenvalue weighted by Gasteiger charge is -2.36. The van der Waals surface area contributed by atoms with Crippen LogP contribution in [0.3, 0.4) is 0 Å². The van der Waals surface area contributed by atoms with Crippen molar-refractivity contribution >= 4 is 89.6 Å². The van der Waals surface area contributed by atoms with E-state index in [1.54, 1.807) is 0 Å². The predicted octanol–water partition coefficient (Wildman–Crippen LogP) is 4.47. The zero-order chi connectivity index (χ0) is 15.9. The second-order valence-electron chi connectivity index (χ2n) is 4.88. The molecule has 0 N–H and O–H groups in total. The maximum atomic E-state index is 13.0. The van der Waals surface area contributed by atoms with Crippen molar-refractivity contribution in [3.8, 4) is 0 Å². The highest BCUT2D eigenvalue weighted by atomic mass is 127. The van der Waals surface area contributed by atoms with Crippen LogP contribution in [0.2, 0.25) is 0 Å². The fourth-order valence-corrected chi connectivity index (χ4v) is 4.12. The van der Waals surface area contributed by atoms with Crippen molar-refractivity contribution in [1.29, 1.82) is 0 Å². The standard InChI is InChI=1S/C13H15BrI3N3O/c1-8-4-5-10(14)19(3)18(2)9-6-7-20(13(15,16)17)12(21)11(8)9/h4-5H,6-7H2,1-3H3. The number of carbonyl (C=O) groups is 1. The molecule has 1 aromatic heterocycles. The minimum atomic E-state index is -0.244. The minimum Gasteiger partial charge on any atom is -0.307 e. The second-order valence-corrected chi connectivity index (χ2v) is 16.6. The van der Waals surface area contributed by atoms with Crippen molar-refractivity contribution in [2.24, 2.45) is 14.1 Å². The first-order valence-electron chi connectivity index (χ1n) is 6.28. The lowest BCUT2D eigenvalue weighted by atomic mass is 10.0. The number of fused-ring (bicyclic) bond motifs is 1. The molecule has 1 aliphatic rings. The van der Waals surface area contributed by atoms with E-state index >= 15 is 0 Å². The zero-order valence-corrected chi connectivity index (χ0v) is 19.9. The Balaban J connectivity index is 2.75. The minimum absolute atomic E-state index is 0.106. The number of carbonyl (C=O) groups excluding carboxylic acids is 1. The van der Waals surface area contributed by atoms with Gasteiger partial charge < -0.3 is 4.90 Å². The third kappa shape index (κ3) is 3.73. The molecule has 1 amide bonds. The first kappa shape index (κ1) is 18.3. The lowest BCUT2D eigenvalue weighted by Crippen LogP contribution is -2.45. The summed E-state index contributed by atoms with van der Waals surface area (Å²) < 4.78 is 4.78. The average Bonchev–Trinajstić information content (AvgIpc) is 2.40. The van der Waals surface area contributed by atoms with Gasteiger partial charge in [0.2, 0.25) is 0 Å². The van der Waals surface area contributed by atoms with Crippen LogP contribution in [0.15, 0.2) is 16.7 Å². The first-order valence-corrected chi connectivity index (χ1v) is 10.3. The molecule has 4 nitrogen and oxygen atoms in total. The van der Waals surface area contributed by atoms with Gasteiger partial charge in [-0.05, 0) is 102 Å². The molecular weight excluding hydrogens is 675 g/mol. The highest BCUT2D eigenvalue weighted by molar-refractivity contribution is 14.3. The fraction of sp³-hybridized carbons (Fsp3) is 0.462. The number of alkyl halides is 3. The number of hydrogen-bond acceptors (Lipinski definition) is 1. The monoisotopic (exact) mass is 689 g/mol. The van der Waals surface area contributed by atoms with E-state index < -0.39 is 0 Å². The number of halogens is 4. The van der Waals surface area contributed by atoms with Gasteiger partial charge in [0.1, 0.15) is 0 Å². The van der Waals surface area contributed by atoms with Crippen LogP contribution in [0.25, 0.3) is 0 Å². The maximum Gasteiger partial charge on any atom is 0.258 e. The summed E-state index contributed by atoms with van der Waals surface area (Å²) >= 11 is 10.5. The molecule has 1 aliphatic heterocycles. The smallest absolute Gasteiger partial charge is 0.258 e. The van der Waals surface area contributed by atoms with Crippen LogP contribution < -0.4 is 0 Å². The summed E-state index contributed by atoms with van der Waals surface area (Å²) in [5.41, 5.74) is 2.90. The topological polar surface area (TPSA) is 30.2 Å². The van der Waals surface area contributed by atoms with Crippen LogP contribution in [0, 0.1) is 6.92 Å². The Morgan fingerprint density at radius 3 is 2.38 bits per heavy atom. The van der Waals surface area contributed by atoms with Gasteiger partial charge in [0.05, 0.1) is 10.2 Å². The maximum absolute atomic E-state index is 13.0. The molecular formula is C13H15BrI3N3O. The summed E-state index contributed by atoms with van der Waals surface area (Å²) in [4.78, 5) is 14.9. The van der Waals surface area contributed by atoms with Crippen molar-refractivity contribution in [1.82, 2.24) is 14.3 Å². The van der Waals surface area contributed by atoms with E-state index in [1.165, 1.54) is 0 Å². The van der Waals surface area contributed by atoms with E-state index in [9.17, 15) is 4.79 Å². The molecule has 0 bridgehead atoms. The van der Waals surface area contributed by atoms with Crippen LogP contribution in [0.5, 0.6) is 0 Å². The molecule has 0 saturated heterocycles. The van der Waals surface area contributed by atoms with E-state index in [0.29, 0.717) is 0 Å². The van der Waals surface area contributed by atoms with Crippen molar-refractivity contribution in [3.63, 3.8) is 0 Å². The van der Waals surface area contributed by atoms with Crippen molar-refractivity contribution in [3.05, 3.63) is 33.6 Å². The van der Waals surface area contributed by atoms with Gasteiger partial charge in [0.25, 0.3) is 5.91 Å². The number of aromatic nitrogens is 2. The van der Waals surface area contributed by atoms with E-state index in [-0.39, 0.29) is 5.47 Å². The Hall–Kier alpha value is 0.960. The molecule has 2 heterocycles. The van der Waals surface area contributed by atoms with Crippen molar-refractivity contribution in [2.45, 2.75) is 12.9 Å². The van der Waals surface area contributed by atoms with E-state index in [4.69, 9.17) is 0 Å². The highest BCUT2D eigenvalue weighted by Gasteiger charge is 2.37. The zero-order valence-electron chi connectivity index (χ0n) is 11.8. The van der Waals surface area contributed by atoms with Gasteiger partial charge in [-0.25, -0.2) is 0 Å². The second kappa shape index (κ2) is 6.83. The quantitative estimate of drug-likeness (QED) is 0.243. The van der Waals surface area contributed by atoms with E-state index in [2.05, 4.69) is 88.4 Å². The number of amides is 1. The molecule has 0 unspecified atom stereocenters. The molecule has 0 atom stereocenters. The summed E-state index contributed by atoms with van der Waals surface area (Å²) in [6, 6.07) is 3.98. The van der Waals surface area contributed by atoms with Gasteiger partial charge in [-0.3, -0.25) is 14.2 Å². The Kier molecular flexibility index (Phi) is 5.95. The molecule has 0 aromatic carbocycles. The normalized spacial score (nSPS) is 15.0. The molecule has 8 heteroatoms. The summed E-state index contributed by atoms with van der Waals surface area (Å²) in [7, 11) is 3.98. The summed E-state index contributed by atoms with van der Waals surface area (Å²) in [5, 5.41) is 0. The summed E-state index contributed by atoms with van der Waals surface area (Å²) in [6.07, 6.45) is 0.851. The van der Waals surface area contributed by atoms with Gasteiger partial charge in [-0.2, -0.15) is 0 Å². The Morgan fingerprint density at radius 2 is 1.81 bits per heavy atom. The van der Waals surface area contributed by atoms with Crippen molar-refractivity contribution in [2.75, 3.05) is 6.54 Å². The van der Waals surface area contributed by atoms with Gasteiger partial charge >= 0.3 is 0 Å². The summed E-state index contributed by atoms with van der Waals surface area (Å²) in [5.74, 6) is 0.106. The molecule has 0 saturated carbocycles. The van der Waals surface area contributed by atoms with Crippen molar-refractivity contribution < 1.29 is 4.79 Å². The number of rotatable bonds is 1. The molecule has 0 aliphatic carbocycles. The highest BCUT2D eigenvalue weighted by Crippen LogP contribution is 2.41. The molecule has 2 rings (SSSR count). The molecule has 0 radical (unpaired) electrons. The number of aryl methyl sites for hydroxylation is 1. The van der Waals surface area contributed by atoms with Crippen LogP contribution in [0.1, 0.15) is 21.6 Å². The lowest BCUT2D eigenvalue weighted by molar-refractivity contribution is 0.0759. The van der Waals surface area contributed by atoms with Crippen LogP contribution in [0.4, 0.5) is 0 Å². The molecule has 0 spiro atoms. The van der Waals surface area contributed by atoms with Gasteiger partial charge in [0.15, 0.2) is -0.441 Å². The molecule has 0 fully saturated rings. The number of nitrogens with zero attached hydrogens (tertiary/aromatic N) is 3. The van der Waals surface area contributed by atoms with Crippen LogP contribution in [-0.4, -0.2) is 26.3 Å².